The molecule has 1 aromatic heterocycles. The molecule has 3 aromatic rings. The maximum Gasteiger partial charge on any atom is 0.255 e. The van der Waals surface area contributed by atoms with Gasteiger partial charge in [-0.3, -0.25) is 4.79 Å². The number of hydrogen-bond acceptors (Lipinski definition) is 4. The summed E-state index contributed by atoms with van der Waals surface area (Å²) in [5.74, 6) is 1.10. The number of thiazole rings is 1. The van der Waals surface area contributed by atoms with Crippen molar-refractivity contribution in [3.63, 3.8) is 0 Å². The molecule has 0 atom stereocenters. The molecule has 3 rings (SSSR count). The number of benzene rings is 2. The Hall–Kier alpha value is -2.38. The van der Waals surface area contributed by atoms with Crippen molar-refractivity contribution in [3.05, 3.63) is 70.2 Å². The smallest absolute Gasteiger partial charge is 0.255 e. The average Bonchev–Trinajstić information content (AvgIpc) is 3.36. The zero-order valence-electron chi connectivity index (χ0n) is 24.6. The van der Waals surface area contributed by atoms with E-state index in [1.54, 1.807) is 36.6 Å². The summed E-state index contributed by atoms with van der Waals surface area (Å²) in [6.07, 6.45) is 17.8. The summed E-state index contributed by atoms with van der Waals surface area (Å²) in [7, 11) is 1.63. The SMILES string of the molecule is CCCCCCCCCCCCCCOc1cc(C(=O)Nc2ccc(C[n+]3ccsc3C)cc2)ccc1OC.[Br-]. The fraction of sp³-hybridized carbons (Fsp3) is 0.515. The van der Waals surface area contributed by atoms with E-state index in [0.717, 1.165) is 18.7 Å². The number of carbonyl (C=O) groups excluding carboxylic acids is 1. The predicted molar refractivity (Wildman–Crippen MR) is 162 cm³/mol. The topological polar surface area (TPSA) is 51.4 Å². The first kappa shape index (κ1) is 33.8. The Morgan fingerprint density at radius 3 is 2.05 bits per heavy atom. The fourth-order valence-corrected chi connectivity index (χ4v) is 5.35. The van der Waals surface area contributed by atoms with E-state index in [1.807, 2.05) is 12.1 Å². The molecule has 1 N–H and O–H groups in total. The lowest BCUT2D eigenvalue weighted by molar-refractivity contribution is -0.689. The van der Waals surface area contributed by atoms with Crippen LogP contribution in [0.15, 0.2) is 54.0 Å². The summed E-state index contributed by atoms with van der Waals surface area (Å²) in [4.78, 5) is 12.9. The van der Waals surface area contributed by atoms with Gasteiger partial charge in [-0.25, -0.2) is 0 Å². The van der Waals surface area contributed by atoms with Gasteiger partial charge in [-0.05, 0) is 36.8 Å². The van der Waals surface area contributed by atoms with Crippen LogP contribution < -0.4 is 36.3 Å². The van der Waals surface area contributed by atoms with Crippen molar-refractivity contribution in [2.45, 2.75) is 97.4 Å². The third-order valence-corrected chi connectivity index (χ3v) is 7.96. The van der Waals surface area contributed by atoms with Crippen molar-refractivity contribution in [1.82, 2.24) is 0 Å². The number of anilines is 1. The van der Waals surface area contributed by atoms with E-state index in [9.17, 15) is 4.79 Å². The normalized spacial score (nSPS) is 10.7. The van der Waals surface area contributed by atoms with Gasteiger partial charge in [0.25, 0.3) is 5.91 Å². The van der Waals surface area contributed by atoms with Gasteiger partial charge in [0.05, 0.1) is 19.1 Å². The average molecular weight is 632 g/mol. The summed E-state index contributed by atoms with van der Waals surface area (Å²) in [5, 5.41) is 6.36. The number of nitrogens with one attached hydrogen (secondary N) is 1. The van der Waals surface area contributed by atoms with Crippen LogP contribution in [0.4, 0.5) is 5.69 Å². The van der Waals surface area contributed by atoms with Gasteiger partial charge in [-0.2, -0.15) is 4.57 Å². The number of halogens is 1. The summed E-state index contributed by atoms with van der Waals surface area (Å²) in [6, 6.07) is 13.4. The van der Waals surface area contributed by atoms with Crippen LogP contribution in [-0.4, -0.2) is 19.6 Å². The Morgan fingerprint density at radius 1 is 0.850 bits per heavy atom. The molecule has 0 saturated carbocycles. The van der Waals surface area contributed by atoms with E-state index < -0.39 is 0 Å². The summed E-state index contributed by atoms with van der Waals surface area (Å²) in [5.41, 5.74) is 2.51. The lowest BCUT2D eigenvalue weighted by Gasteiger charge is -2.13. The van der Waals surface area contributed by atoms with E-state index in [4.69, 9.17) is 9.47 Å². The largest absolute Gasteiger partial charge is 1.00 e. The first-order chi connectivity index (χ1) is 19.1. The van der Waals surface area contributed by atoms with E-state index in [1.165, 1.54) is 81.2 Å². The third-order valence-electron chi connectivity index (χ3n) is 7.13. The Morgan fingerprint density at radius 2 is 1.48 bits per heavy atom. The van der Waals surface area contributed by atoms with Gasteiger partial charge in [0.2, 0.25) is 5.01 Å². The zero-order valence-corrected chi connectivity index (χ0v) is 27.0. The molecule has 0 aliphatic heterocycles. The second-order valence-corrected chi connectivity index (χ2v) is 11.4. The number of aromatic nitrogens is 1. The molecule has 0 saturated heterocycles. The first-order valence-corrected chi connectivity index (χ1v) is 15.6. The van der Waals surface area contributed by atoms with Crippen LogP contribution in [0.2, 0.25) is 0 Å². The Balaban J connectivity index is 0.00000560. The molecule has 220 valence electrons. The van der Waals surface area contributed by atoms with Gasteiger partial charge in [0.1, 0.15) is 0 Å². The summed E-state index contributed by atoms with van der Waals surface area (Å²) < 4.78 is 13.7. The molecular weight excluding hydrogens is 584 g/mol. The second-order valence-electron chi connectivity index (χ2n) is 10.3. The van der Waals surface area contributed by atoms with E-state index in [2.05, 4.69) is 47.4 Å². The fourth-order valence-electron chi connectivity index (χ4n) is 4.69. The number of carbonyl (C=O) groups is 1. The number of nitrogens with zero attached hydrogens (tertiary/aromatic N) is 1. The number of amides is 1. The van der Waals surface area contributed by atoms with Crippen molar-refractivity contribution in [2.75, 3.05) is 19.0 Å². The number of hydrogen-bond donors (Lipinski definition) is 1. The van der Waals surface area contributed by atoms with Crippen molar-refractivity contribution in [2.24, 2.45) is 0 Å². The number of rotatable bonds is 19. The van der Waals surface area contributed by atoms with Gasteiger partial charge >= 0.3 is 0 Å². The maximum absolute atomic E-state index is 12.9. The van der Waals surface area contributed by atoms with Gasteiger partial charge in [-0.1, -0.05) is 101 Å². The molecule has 0 fully saturated rings. The highest BCUT2D eigenvalue weighted by atomic mass is 79.9. The van der Waals surface area contributed by atoms with Crippen LogP contribution in [0.1, 0.15) is 105 Å². The molecular formula is C33H47BrN2O3S. The van der Waals surface area contributed by atoms with E-state index in [-0.39, 0.29) is 22.9 Å². The van der Waals surface area contributed by atoms with Crippen LogP contribution in [-0.2, 0) is 6.54 Å². The number of ether oxygens (including phenoxy) is 2. The van der Waals surface area contributed by atoms with Crippen LogP contribution in [0.5, 0.6) is 11.5 Å². The number of methoxy groups -OCH3 is 1. The van der Waals surface area contributed by atoms with Gasteiger partial charge in [0.15, 0.2) is 24.2 Å². The molecule has 0 bridgehead atoms. The molecule has 1 heterocycles. The standard InChI is InChI=1S/C33H46N2O3S.BrH/c1-4-5-6-7-8-9-10-11-12-13-14-15-23-38-32-25-29(18-21-31(32)37-3)33(36)34-30-19-16-28(17-20-30)26-35-22-24-39-27(35)2;/h16-22,24-25H,4-15,23,26H2,1-3H3;1H. The van der Waals surface area contributed by atoms with Crippen molar-refractivity contribution >= 4 is 22.9 Å². The molecule has 5 nitrogen and oxygen atoms in total. The highest BCUT2D eigenvalue weighted by Crippen LogP contribution is 2.29. The second kappa shape index (κ2) is 19.7. The molecule has 7 heteroatoms. The lowest BCUT2D eigenvalue weighted by atomic mass is 10.1. The van der Waals surface area contributed by atoms with Crippen molar-refractivity contribution in [3.8, 4) is 11.5 Å². The molecule has 0 aliphatic rings. The Bertz CT molecular complexity index is 1120. The minimum Gasteiger partial charge on any atom is -1.00 e. The quantitative estimate of drug-likeness (QED) is 0.136. The summed E-state index contributed by atoms with van der Waals surface area (Å²) in [6.45, 7) is 5.83. The minimum atomic E-state index is -0.163. The predicted octanol–water partition coefficient (Wildman–Crippen LogP) is 5.74. The summed E-state index contributed by atoms with van der Waals surface area (Å²) >= 11 is 1.74. The molecule has 0 spiro atoms. The van der Waals surface area contributed by atoms with E-state index >= 15 is 0 Å². The van der Waals surface area contributed by atoms with Crippen molar-refractivity contribution in [1.29, 1.82) is 0 Å². The lowest BCUT2D eigenvalue weighted by Crippen LogP contribution is -3.00. The minimum absolute atomic E-state index is 0. The Labute approximate surface area is 256 Å². The molecule has 40 heavy (non-hydrogen) atoms. The highest BCUT2D eigenvalue weighted by molar-refractivity contribution is 7.09. The third kappa shape index (κ3) is 12.0. The first-order valence-electron chi connectivity index (χ1n) is 14.8. The molecule has 0 radical (unpaired) electrons. The van der Waals surface area contributed by atoms with Crippen LogP contribution in [0, 0.1) is 6.92 Å². The van der Waals surface area contributed by atoms with Crippen LogP contribution in [0.25, 0.3) is 0 Å². The highest BCUT2D eigenvalue weighted by Gasteiger charge is 2.13. The van der Waals surface area contributed by atoms with Crippen LogP contribution in [0.3, 0.4) is 0 Å². The van der Waals surface area contributed by atoms with Gasteiger partial charge < -0.3 is 31.8 Å². The molecule has 1 amide bonds. The Kier molecular flexibility index (Phi) is 16.6. The van der Waals surface area contributed by atoms with Gasteiger partial charge in [-0.15, -0.1) is 0 Å². The molecule has 0 unspecified atom stereocenters. The molecule has 2 aromatic carbocycles. The number of unbranched alkanes of at least 4 members (excludes halogenated alkanes) is 11. The monoisotopic (exact) mass is 630 g/mol. The van der Waals surface area contributed by atoms with Crippen LogP contribution >= 0.6 is 11.3 Å². The maximum atomic E-state index is 12.9. The van der Waals surface area contributed by atoms with E-state index in [0.29, 0.717) is 23.7 Å². The zero-order chi connectivity index (χ0) is 27.7. The molecule has 0 aliphatic carbocycles. The van der Waals surface area contributed by atoms with Crippen molar-refractivity contribution < 1.29 is 35.8 Å². The number of aryl methyl sites for hydroxylation is 1. The van der Waals surface area contributed by atoms with Gasteiger partial charge in [0, 0.05) is 23.7 Å².